The Labute approximate surface area is 230 Å². The van der Waals surface area contributed by atoms with Crippen LogP contribution in [-0.4, -0.2) is 95.5 Å². The number of aliphatic hydroxyl groups excluding tert-OH is 1. The Kier molecular flexibility index (Phi) is 8.65. The van der Waals surface area contributed by atoms with Crippen LogP contribution in [0.1, 0.15) is 30.9 Å². The molecule has 1 aromatic heterocycles. The molecule has 1 amide bonds. The van der Waals surface area contributed by atoms with E-state index in [1.165, 1.54) is 5.56 Å². The molecule has 6 bridgehead atoms. The molecule has 39 heavy (non-hydrogen) atoms. The standard InChI is InChI=1S/C29H38N8O2/c1-3-22-14-27(30-2)34-24-6-4-5-21(13-24)18-35-9-11-36(12-10-35)20-28(39)31-8-7-25-15-26(38)19-37(25)29-32-16-23(22)17-33-29/h3-6,13-14,16-17,25-26,34,38H,2,7-12,15,18-20H2,1H3,(H,31,39)/b22-3+,27-14?. The van der Waals surface area contributed by atoms with Gasteiger partial charge in [0.2, 0.25) is 11.9 Å². The van der Waals surface area contributed by atoms with E-state index in [1.807, 2.05) is 36.1 Å². The third-order valence-corrected chi connectivity index (χ3v) is 7.63. The average Bonchev–Trinajstić information content (AvgIpc) is 3.32. The van der Waals surface area contributed by atoms with Crippen LogP contribution in [0, 0.1) is 0 Å². The Hall–Kier alpha value is -3.60. The molecule has 6 aliphatic heterocycles. The maximum absolute atomic E-state index is 12.6. The zero-order valence-electron chi connectivity index (χ0n) is 22.6. The fourth-order valence-electron chi connectivity index (χ4n) is 5.53. The summed E-state index contributed by atoms with van der Waals surface area (Å²) in [6.07, 6.45) is 8.45. The van der Waals surface area contributed by atoms with Crippen molar-refractivity contribution in [3.05, 3.63) is 65.8 Å². The van der Waals surface area contributed by atoms with Crippen molar-refractivity contribution < 1.29 is 9.90 Å². The van der Waals surface area contributed by atoms with Crippen molar-refractivity contribution in [2.45, 2.75) is 38.5 Å². The number of aliphatic imine (C=N–C) groups is 1. The zero-order chi connectivity index (χ0) is 27.2. The molecule has 0 saturated carbocycles. The molecule has 7 heterocycles. The van der Waals surface area contributed by atoms with Gasteiger partial charge in [-0.3, -0.25) is 14.6 Å². The lowest BCUT2D eigenvalue weighted by molar-refractivity contribution is -0.122. The Morgan fingerprint density at radius 3 is 2.59 bits per heavy atom. The highest BCUT2D eigenvalue weighted by molar-refractivity contribution is 5.78. The monoisotopic (exact) mass is 530 g/mol. The Morgan fingerprint density at radius 1 is 1.13 bits per heavy atom. The molecule has 2 saturated heterocycles. The predicted molar refractivity (Wildman–Crippen MR) is 154 cm³/mol. The molecule has 1 aromatic carbocycles. The molecule has 2 unspecified atom stereocenters. The van der Waals surface area contributed by atoms with Crippen molar-refractivity contribution in [3.8, 4) is 0 Å². The number of aromatic nitrogens is 2. The van der Waals surface area contributed by atoms with Crippen LogP contribution in [-0.2, 0) is 11.3 Å². The fourth-order valence-corrected chi connectivity index (χ4v) is 5.53. The van der Waals surface area contributed by atoms with E-state index < -0.39 is 6.10 Å². The predicted octanol–water partition coefficient (Wildman–Crippen LogP) is 2.11. The maximum Gasteiger partial charge on any atom is 0.234 e. The molecule has 8 rings (SSSR count). The summed E-state index contributed by atoms with van der Waals surface area (Å²) in [5, 5.41) is 16.8. The number of rotatable bonds is 1. The van der Waals surface area contributed by atoms with Crippen LogP contribution < -0.4 is 15.5 Å². The molecular weight excluding hydrogens is 492 g/mol. The molecule has 2 atom stereocenters. The third kappa shape index (κ3) is 6.89. The van der Waals surface area contributed by atoms with Crippen molar-refractivity contribution in [2.75, 3.05) is 56.0 Å². The van der Waals surface area contributed by atoms with Gasteiger partial charge in [-0.15, -0.1) is 0 Å². The minimum absolute atomic E-state index is 0.0457. The number of carbonyl (C=O) groups excluding carboxylic acids is 1. The van der Waals surface area contributed by atoms with Gasteiger partial charge in [-0.05, 0) is 55.8 Å². The summed E-state index contributed by atoms with van der Waals surface area (Å²) in [4.78, 5) is 32.8. The second-order valence-corrected chi connectivity index (χ2v) is 10.4. The fraction of sp³-hybridized carbons (Fsp3) is 0.448. The van der Waals surface area contributed by atoms with Gasteiger partial charge < -0.3 is 20.6 Å². The zero-order valence-corrected chi connectivity index (χ0v) is 22.6. The van der Waals surface area contributed by atoms with E-state index in [2.05, 4.69) is 54.2 Å². The topological polar surface area (TPSA) is 109 Å². The lowest BCUT2D eigenvalue weighted by Gasteiger charge is -2.34. The summed E-state index contributed by atoms with van der Waals surface area (Å²) in [6.45, 7) is 11.6. The minimum Gasteiger partial charge on any atom is -0.391 e. The second kappa shape index (κ2) is 12.5. The van der Waals surface area contributed by atoms with Gasteiger partial charge in [0.05, 0.1) is 12.6 Å². The molecule has 10 nitrogen and oxygen atoms in total. The number of nitrogens with one attached hydrogen (secondary N) is 2. The van der Waals surface area contributed by atoms with Crippen LogP contribution in [0.2, 0.25) is 0 Å². The van der Waals surface area contributed by atoms with Crippen LogP contribution in [0.5, 0.6) is 0 Å². The molecule has 2 fully saturated rings. The van der Waals surface area contributed by atoms with E-state index in [0.717, 1.165) is 56.0 Å². The highest BCUT2D eigenvalue weighted by Crippen LogP contribution is 2.26. The van der Waals surface area contributed by atoms with Gasteiger partial charge in [0.15, 0.2) is 0 Å². The first-order valence-corrected chi connectivity index (χ1v) is 13.7. The smallest absolute Gasteiger partial charge is 0.234 e. The summed E-state index contributed by atoms with van der Waals surface area (Å²) in [7, 11) is 0. The normalized spacial score (nSPS) is 27.4. The molecule has 3 N–H and O–H groups in total. The molecule has 10 heteroatoms. The number of nitrogens with zero attached hydrogens (tertiary/aromatic N) is 6. The van der Waals surface area contributed by atoms with Gasteiger partial charge >= 0.3 is 0 Å². The van der Waals surface area contributed by atoms with Crippen LogP contribution in [0.4, 0.5) is 11.6 Å². The number of aliphatic hydroxyl groups is 1. The van der Waals surface area contributed by atoms with Crippen molar-refractivity contribution in [1.82, 2.24) is 25.1 Å². The van der Waals surface area contributed by atoms with Crippen LogP contribution >= 0.6 is 0 Å². The van der Waals surface area contributed by atoms with Gasteiger partial charge in [0.1, 0.15) is 5.82 Å². The Balaban J connectivity index is 1.41. The van der Waals surface area contributed by atoms with Crippen LogP contribution in [0.25, 0.3) is 5.57 Å². The van der Waals surface area contributed by atoms with E-state index in [-0.39, 0.29) is 11.9 Å². The first kappa shape index (κ1) is 27.0. The van der Waals surface area contributed by atoms with Crippen molar-refractivity contribution in [2.24, 2.45) is 4.99 Å². The SMILES string of the molecule is C=NC1=C/C(=C\C)c2cnc(nc2)N2CC(O)CC2CCNC(=O)CN2CCN(CC2)Cc2cccc(c2)N1. The van der Waals surface area contributed by atoms with E-state index in [4.69, 9.17) is 0 Å². The first-order valence-electron chi connectivity index (χ1n) is 13.7. The molecule has 2 aromatic rings. The Morgan fingerprint density at radius 2 is 1.87 bits per heavy atom. The summed E-state index contributed by atoms with van der Waals surface area (Å²) >= 11 is 0. The van der Waals surface area contributed by atoms with E-state index >= 15 is 0 Å². The molecule has 0 aliphatic carbocycles. The third-order valence-electron chi connectivity index (χ3n) is 7.63. The molecule has 206 valence electrons. The number of anilines is 2. The van der Waals surface area contributed by atoms with Crippen LogP contribution in [0.3, 0.4) is 0 Å². The number of piperazine rings is 1. The number of benzene rings is 1. The Bertz CT molecular complexity index is 1220. The minimum atomic E-state index is -0.441. The van der Waals surface area contributed by atoms with Crippen LogP contribution in [0.15, 0.2) is 59.6 Å². The van der Waals surface area contributed by atoms with E-state index in [9.17, 15) is 9.90 Å². The molecule has 0 spiro atoms. The highest BCUT2D eigenvalue weighted by Gasteiger charge is 2.32. The van der Waals surface area contributed by atoms with Gasteiger partial charge in [-0.1, -0.05) is 18.2 Å². The highest BCUT2D eigenvalue weighted by atomic mass is 16.3. The molecule has 0 radical (unpaired) electrons. The maximum atomic E-state index is 12.6. The molecule has 6 aliphatic rings. The quantitative estimate of drug-likeness (QED) is 0.481. The number of carbonyl (C=O) groups is 1. The number of allylic oxidation sites excluding steroid dienone is 3. The lowest BCUT2D eigenvalue weighted by atomic mass is 10.1. The first-order chi connectivity index (χ1) is 19.0. The van der Waals surface area contributed by atoms with Gasteiger partial charge in [0, 0.05) is 75.5 Å². The van der Waals surface area contributed by atoms with E-state index in [1.54, 1.807) is 12.4 Å². The van der Waals surface area contributed by atoms with E-state index in [0.29, 0.717) is 37.8 Å². The summed E-state index contributed by atoms with van der Waals surface area (Å²) in [6, 6.07) is 8.41. The number of amides is 1. The average molecular weight is 531 g/mol. The molecular formula is C29H38N8O2. The van der Waals surface area contributed by atoms with Gasteiger partial charge in [0.25, 0.3) is 0 Å². The second-order valence-electron chi connectivity index (χ2n) is 10.4. The lowest BCUT2D eigenvalue weighted by Crippen LogP contribution is -2.49. The van der Waals surface area contributed by atoms with Crippen molar-refractivity contribution in [1.29, 1.82) is 0 Å². The summed E-state index contributed by atoms with van der Waals surface area (Å²) in [5.41, 5.74) is 3.94. The van der Waals surface area contributed by atoms with Gasteiger partial charge in [-0.2, -0.15) is 0 Å². The van der Waals surface area contributed by atoms with Crippen molar-refractivity contribution >= 4 is 29.8 Å². The van der Waals surface area contributed by atoms with Gasteiger partial charge in [-0.25, -0.2) is 15.0 Å². The number of hydrogen-bond acceptors (Lipinski definition) is 9. The van der Waals surface area contributed by atoms with Crippen molar-refractivity contribution in [3.63, 3.8) is 0 Å². The summed E-state index contributed by atoms with van der Waals surface area (Å²) in [5.74, 6) is 1.26. The largest absolute Gasteiger partial charge is 0.391 e. The number of hydrogen-bond donors (Lipinski definition) is 3. The summed E-state index contributed by atoms with van der Waals surface area (Å²) < 4.78 is 0.